The number of nitrogens with one attached hydrogen (secondary N) is 1. The van der Waals surface area contributed by atoms with Crippen molar-refractivity contribution in [3.63, 3.8) is 0 Å². The first kappa shape index (κ1) is 15.2. The molecule has 0 spiro atoms. The first-order valence-electron chi connectivity index (χ1n) is 6.43. The molecule has 2 rings (SSSR count). The highest BCUT2D eigenvalue weighted by Gasteiger charge is 2.33. The molecular formula is C13H16N4O3S. The van der Waals surface area contributed by atoms with Crippen LogP contribution in [0.4, 0.5) is 0 Å². The van der Waals surface area contributed by atoms with Gasteiger partial charge in [0.25, 0.3) is 5.91 Å². The summed E-state index contributed by atoms with van der Waals surface area (Å²) in [6.45, 7) is 3.69. The summed E-state index contributed by atoms with van der Waals surface area (Å²) in [5, 5.41) is 21.3. The van der Waals surface area contributed by atoms with Gasteiger partial charge in [0.1, 0.15) is 5.54 Å². The van der Waals surface area contributed by atoms with Crippen molar-refractivity contribution >= 4 is 23.2 Å². The van der Waals surface area contributed by atoms with Gasteiger partial charge >= 0.3 is 5.97 Å². The molecule has 1 amide bonds. The molecule has 2 heterocycles. The fourth-order valence-electron chi connectivity index (χ4n) is 1.65. The van der Waals surface area contributed by atoms with Crippen LogP contribution in [0.2, 0.25) is 0 Å². The standard InChI is InChI=1S/C13H16N4O3S/c1-3-13(2,12(19)20)14-11(18)10-8-17(16-15-10)7-9-5-4-6-21-9/h4-6,8H,3,7H2,1-2H3,(H,14,18)(H,19,20). The molecule has 0 radical (unpaired) electrons. The van der Waals surface area contributed by atoms with Gasteiger partial charge in [0.05, 0.1) is 12.7 Å². The number of carbonyl (C=O) groups is 2. The lowest BCUT2D eigenvalue weighted by Gasteiger charge is -2.23. The van der Waals surface area contributed by atoms with Gasteiger partial charge in [-0.2, -0.15) is 0 Å². The molecule has 2 aromatic heterocycles. The molecule has 0 aliphatic carbocycles. The summed E-state index contributed by atoms with van der Waals surface area (Å²) in [5.41, 5.74) is -1.21. The fraction of sp³-hybridized carbons (Fsp3) is 0.385. The van der Waals surface area contributed by atoms with Gasteiger partial charge in [0.15, 0.2) is 5.69 Å². The Morgan fingerprint density at radius 2 is 2.29 bits per heavy atom. The van der Waals surface area contributed by atoms with Crippen molar-refractivity contribution in [2.45, 2.75) is 32.4 Å². The Bertz CT molecular complexity index is 638. The number of hydrogen-bond donors (Lipinski definition) is 2. The van der Waals surface area contributed by atoms with E-state index in [1.165, 1.54) is 13.1 Å². The Hall–Kier alpha value is -2.22. The highest BCUT2D eigenvalue weighted by atomic mass is 32.1. The zero-order valence-electron chi connectivity index (χ0n) is 11.7. The lowest BCUT2D eigenvalue weighted by Crippen LogP contribution is -2.51. The third kappa shape index (κ3) is 3.46. The minimum atomic E-state index is -1.31. The number of nitrogens with zero attached hydrogens (tertiary/aromatic N) is 3. The van der Waals surface area contributed by atoms with Crippen molar-refractivity contribution in [2.24, 2.45) is 0 Å². The number of aliphatic carboxylic acids is 1. The molecule has 8 heteroatoms. The predicted molar refractivity (Wildman–Crippen MR) is 77.2 cm³/mol. The van der Waals surface area contributed by atoms with Gasteiger partial charge in [-0.15, -0.1) is 16.4 Å². The molecule has 0 aliphatic rings. The van der Waals surface area contributed by atoms with Gasteiger partial charge in [-0.25, -0.2) is 9.48 Å². The Kier molecular flexibility index (Phi) is 4.37. The van der Waals surface area contributed by atoms with Crippen molar-refractivity contribution in [3.8, 4) is 0 Å². The van der Waals surface area contributed by atoms with Crippen molar-refractivity contribution in [3.05, 3.63) is 34.3 Å². The monoisotopic (exact) mass is 308 g/mol. The summed E-state index contributed by atoms with van der Waals surface area (Å²) in [5.74, 6) is -1.62. The van der Waals surface area contributed by atoms with Crippen LogP contribution < -0.4 is 5.32 Å². The summed E-state index contributed by atoms with van der Waals surface area (Å²) in [7, 11) is 0. The first-order valence-corrected chi connectivity index (χ1v) is 7.31. The number of hydrogen-bond acceptors (Lipinski definition) is 5. The van der Waals surface area contributed by atoms with E-state index in [1.807, 2.05) is 17.5 Å². The lowest BCUT2D eigenvalue weighted by molar-refractivity contribution is -0.143. The third-order valence-corrected chi connectivity index (χ3v) is 4.10. The smallest absolute Gasteiger partial charge is 0.329 e. The average molecular weight is 308 g/mol. The van der Waals surface area contributed by atoms with E-state index in [1.54, 1.807) is 22.9 Å². The van der Waals surface area contributed by atoms with Gasteiger partial charge < -0.3 is 10.4 Å². The van der Waals surface area contributed by atoms with Crippen LogP contribution >= 0.6 is 11.3 Å². The van der Waals surface area contributed by atoms with E-state index in [9.17, 15) is 9.59 Å². The van der Waals surface area contributed by atoms with Crippen LogP contribution in [0, 0.1) is 0 Å². The molecule has 2 N–H and O–H groups in total. The van der Waals surface area contributed by atoms with Gasteiger partial charge in [-0.05, 0) is 24.8 Å². The molecule has 1 atom stereocenters. The molecule has 112 valence electrons. The molecular weight excluding hydrogens is 292 g/mol. The molecule has 0 aliphatic heterocycles. The van der Waals surface area contributed by atoms with E-state index in [2.05, 4.69) is 15.6 Å². The quantitative estimate of drug-likeness (QED) is 0.840. The number of carboxylic acids is 1. The largest absolute Gasteiger partial charge is 0.480 e. The van der Waals surface area contributed by atoms with E-state index in [-0.39, 0.29) is 12.1 Å². The normalized spacial score (nSPS) is 13.6. The molecule has 7 nitrogen and oxygen atoms in total. The summed E-state index contributed by atoms with van der Waals surface area (Å²) in [6, 6.07) is 3.90. The van der Waals surface area contributed by atoms with E-state index in [0.29, 0.717) is 6.54 Å². The maximum Gasteiger partial charge on any atom is 0.329 e. The minimum absolute atomic E-state index is 0.104. The van der Waals surface area contributed by atoms with Gasteiger partial charge in [0, 0.05) is 4.88 Å². The topological polar surface area (TPSA) is 97.1 Å². The second-order valence-corrected chi connectivity index (χ2v) is 5.86. The number of amides is 1. The van der Waals surface area contributed by atoms with Crippen molar-refractivity contribution in [1.29, 1.82) is 0 Å². The molecule has 1 unspecified atom stereocenters. The second kappa shape index (κ2) is 6.04. The van der Waals surface area contributed by atoms with Gasteiger partial charge in [-0.3, -0.25) is 4.79 Å². The number of aromatic nitrogens is 3. The number of rotatable bonds is 6. The van der Waals surface area contributed by atoms with Crippen LogP contribution in [0.5, 0.6) is 0 Å². The van der Waals surface area contributed by atoms with E-state index >= 15 is 0 Å². The molecule has 0 aromatic carbocycles. The highest BCUT2D eigenvalue weighted by Crippen LogP contribution is 2.12. The van der Waals surface area contributed by atoms with Crippen LogP contribution in [0.15, 0.2) is 23.7 Å². The fourth-order valence-corrected chi connectivity index (χ4v) is 2.35. The third-order valence-electron chi connectivity index (χ3n) is 3.24. The maximum atomic E-state index is 12.1. The first-order chi connectivity index (χ1) is 9.94. The SMILES string of the molecule is CCC(C)(NC(=O)c1cn(Cc2cccs2)nn1)C(=O)O. The summed E-state index contributed by atoms with van der Waals surface area (Å²) in [4.78, 5) is 24.3. The van der Waals surface area contributed by atoms with Crippen LogP contribution in [-0.2, 0) is 11.3 Å². The van der Waals surface area contributed by atoms with Crippen molar-refractivity contribution in [2.75, 3.05) is 0 Å². The molecule has 0 saturated heterocycles. The zero-order valence-corrected chi connectivity index (χ0v) is 12.6. The van der Waals surface area contributed by atoms with E-state index < -0.39 is 17.4 Å². The average Bonchev–Trinajstić information content (AvgIpc) is 3.10. The Labute approximate surface area is 125 Å². The summed E-state index contributed by atoms with van der Waals surface area (Å²) in [6.07, 6.45) is 1.78. The van der Waals surface area contributed by atoms with Crippen LogP contribution in [0.1, 0.15) is 35.6 Å². The van der Waals surface area contributed by atoms with Crippen molar-refractivity contribution < 1.29 is 14.7 Å². The van der Waals surface area contributed by atoms with Crippen LogP contribution in [-0.4, -0.2) is 37.5 Å². The summed E-state index contributed by atoms with van der Waals surface area (Å²) >= 11 is 1.59. The molecule has 21 heavy (non-hydrogen) atoms. The lowest BCUT2D eigenvalue weighted by atomic mass is 9.99. The predicted octanol–water partition coefficient (Wildman–Crippen LogP) is 1.37. The van der Waals surface area contributed by atoms with Crippen LogP contribution in [0.3, 0.4) is 0 Å². The van der Waals surface area contributed by atoms with Crippen molar-refractivity contribution in [1.82, 2.24) is 20.3 Å². The number of carbonyl (C=O) groups excluding carboxylic acids is 1. The Morgan fingerprint density at radius 3 is 2.86 bits per heavy atom. The van der Waals surface area contributed by atoms with Crippen LogP contribution in [0.25, 0.3) is 0 Å². The molecule has 0 fully saturated rings. The maximum absolute atomic E-state index is 12.1. The van der Waals surface area contributed by atoms with E-state index in [4.69, 9.17) is 5.11 Å². The number of carboxylic acid groups (broad SMARTS) is 1. The molecule has 0 bridgehead atoms. The van der Waals surface area contributed by atoms with E-state index in [0.717, 1.165) is 4.88 Å². The Morgan fingerprint density at radius 1 is 1.52 bits per heavy atom. The van der Waals surface area contributed by atoms with Gasteiger partial charge in [-0.1, -0.05) is 18.2 Å². The molecule has 2 aromatic rings. The minimum Gasteiger partial charge on any atom is -0.480 e. The second-order valence-electron chi connectivity index (χ2n) is 4.83. The zero-order chi connectivity index (χ0) is 15.5. The van der Waals surface area contributed by atoms with Gasteiger partial charge in [0.2, 0.25) is 0 Å². The highest BCUT2D eigenvalue weighted by molar-refractivity contribution is 7.09. The number of thiophene rings is 1. The molecule has 0 saturated carbocycles. The Balaban J connectivity index is 2.07. The summed E-state index contributed by atoms with van der Waals surface area (Å²) < 4.78 is 1.55.